The maximum Gasteiger partial charge on any atom is 0.225 e. The average molecular weight is 176 g/mol. The Morgan fingerprint density at radius 2 is 2.00 bits per heavy atom. The van der Waals surface area contributed by atoms with Crippen LogP contribution in [0, 0.1) is 0 Å². The monoisotopic (exact) mass is 176 g/mol. The molecule has 0 aliphatic rings. The Morgan fingerprint density at radius 1 is 1.50 bits per heavy atom. The van der Waals surface area contributed by atoms with Crippen LogP contribution in [0.1, 0.15) is 20.3 Å². The number of carbonyl (C=O) groups is 1. The van der Waals surface area contributed by atoms with E-state index in [1.165, 1.54) is 0 Å². The van der Waals surface area contributed by atoms with Gasteiger partial charge < -0.3 is 10.6 Å². The zero-order chi connectivity index (χ0) is 9.56. The highest BCUT2D eigenvalue weighted by atomic mass is 19.1. The second kappa shape index (κ2) is 5.94. The van der Waals surface area contributed by atoms with Crippen LogP contribution in [-0.2, 0) is 4.79 Å². The zero-order valence-corrected chi connectivity index (χ0v) is 7.72. The molecular weight excluding hydrogens is 159 g/mol. The molecule has 12 heavy (non-hydrogen) atoms. The molecule has 72 valence electrons. The minimum Gasteiger partial charge on any atom is -0.343 e. The zero-order valence-electron chi connectivity index (χ0n) is 7.72. The van der Waals surface area contributed by atoms with Gasteiger partial charge in [-0.1, -0.05) is 0 Å². The average Bonchev–Trinajstić information content (AvgIpc) is 2.06. The van der Waals surface area contributed by atoms with Crippen LogP contribution in [0.2, 0.25) is 0 Å². The molecule has 1 atom stereocenters. The van der Waals surface area contributed by atoms with Crippen LogP contribution in [0.3, 0.4) is 0 Å². The topological polar surface area (TPSA) is 46.3 Å². The molecule has 0 saturated heterocycles. The Labute approximate surface area is 72.7 Å². The fraction of sp³-hybridized carbons (Fsp3) is 0.875. The van der Waals surface area contributed by atoms with E-state index in [-0.39, 0.29) is 18.9 Å². The normalized spacial score (nSPS) is 12.7. The van der Waals surface area contributed by atoms with E-state index in [1.807, 2.05) is 13.8 Å². The third kappa shape index (κ3) is 3.67. The molecule has 1 unspecified atom stereocenters. The number of hydrogen-bond acceptors (Lipinski definition) is 2. The molecule has 0 aromatic carbocycles. The Bertz CT molecular complexity index is 137. The molecule has 0 spiro atoms. The Hall–Kier alpha value is -0.640. The van der Waals surface area contributed by atoms with Gasteiger partial charge in [0.1, 0.15) is 6.17 Å². The van der Waals surface area contributed by atoms with E-state index in [0.29, 0.717) is 13.1 Å². The molecule has 0 saturated carbocycles. The van der Waals surface area contributed by atoms with Crippen LogP contribution in [0.4, 0.5) is 4.39 Å². The predicted molar refractivity (Wildman–Crippen MR) is 46.5 cm³/mol. The van der Waals surface area contributed by atoms with Crippen molar-refractivity contribution in [1.82, 2.24) is 4.90 Å². The van der Waals surface area contributed by atoms with Crippen LogP contribution in [0.25, 0.3) is 0 Å². The van der Waals surface area contributed by atoms with Gasteiger partial charge in [-0.2, -0.15) is 0 Å². The van der Waals surface area contributed by atoms with E-state index in [0.717, 1.165) is 0 Å². The van der Waals surface area contributed by atoms with Crippen molar-refractivity contribution < 1.29 is 9.18 Å². The van der Waals surface area contributed by atoms with Gasteiger partial charge in [-0.25, -0.2) is 4.39 Å². The molecule has 0 heterocycles. The fourth-order valence-corrected chi connectivity index (χ4v) is 0.978. The van der Waals surface area contributed by atoms with Crippen LogP contribution in [-0.4, -0.2) is 36.6 Å². The smallest absolute Gasteiger partial charge is 0.225 e. The van der Waals surface area contributed by atoms with Crippen molar-refractivity contribution in [1.29, 1.82) is 0 Å². The van der Waals surface area contributed by atoms with Crippen molar-refractivity contribution in [2.75, 3.05) is 19.6 Å². The highest BCUT2D eigenvalue weighted by Crippen LogP contribution is 2.00. The molecule has 4 heteroatoms. The minimum absolute atomic E-state index is 0.0764. The van der Waals surface area contributed by atoms with Gasteiger partial charge in [-0.15, -0.1) is 0 Å². The molecule has 0 radical (unpaired) electrons. The lowest BCUT2D eigenvalue weighted by Crippen LogP contribution is -2.33. The van der Waals surface area contributed by atoms with E-state index < -0.39 is 6.17 Å². The second-order valence-corrected chi connectivity index (χ2v) is 2.60. The molecule has 3 nitrogen and oxygen atoms in total. The van der Waals surface area contributed by atoms with Crippen molar-refractivity contribution in [2.45, 2.75) is 26.4 Å². The molecule has 0 aromatic heterocycles. The summed E-state index contributed by atoms with van der Waals surface area (Å²) in [6.07, 6.45) is -1.28. The first-order valence-corrected chi connectivity index (χ1v) is 4.27. The minimum atomic E-state index is -1.20. The van der Waals surface area contributed by atoms with Crippen molar-refractivity contribution >= 4 is 5.91 Å². The van der Waals surface area contributed by atoms with Crippen molar-refractivity contribution in [3.8, 4) is 0 Å². The number of rotatable bonds is 5. The lowest BCUT2D eigenvalue weighted by atomic mass is 10.2. The highest BCUT2D eigenvalue weighted by Gasteiger charge is 2.14. The quantitative estimate of drug-likeness (QED) is 0.664. The van der Waals surface area contributed by atoms with Gasteiger partial charge in [0, 0.05) is 19.6 Å². The summed E-state index contributed by atoms with van der Waals surface area (Å²) >= 11 is 0. The van der Waals surface area contributed by atoms with Gasteiger partial charge in [0.05, 0.1) is 6.42 Å². The van der Waals surface area contributed by atoms with Crippen LogP contribution < -0.4 is 5.73 Å². The number of amides is 1. The maximum absolute atomic E-state index is 12.6. The van der Waals surface area contributed by atoms with Gasteiger partial charge in [0.15, 0.2) is 0 Å². The Kier molecular flexibility index (Phi) is 5.62. The summed E-state index contributed by atoms with van der Waals surface area (Å²) < 4.78 is 12.6. The first kappa shape index (κ1) is 11.4. The lowest BCUT2D eigenvalue weighted by molar-refractivity contribution is -0.131. The molecule has 2 N–H and O–H groups in total. The Balaban J connectivity index is 3.84. The van der Waals surface area contributed by atoms with E-state index >= 15 is 0 Å². The SMILES string of the molecule is CCN(CC)C(=O)CC(F)CN. The van der Waals surface area contributed by atoms with E-state index in [2.05, 4.69) is 0 Å². The van der Waals surface area contributed by atoms with E-state index in [1.54, 1.807) is 4.90 Å². The summed E-state index contributed by atoms with van der Waals surface area (Å²) in [7, 11) is 0. The van der Waals surface area contributed by atoms with Gasteiger partial charge in [-0.05, 0) is 13.8 Å². The fourth-order valence-electron chi connectivity index (χ4n) is 0.978. The molecule has 0 rings (SSSR count). The van der Waals surface area contributed by atoms with Crippen LogP contribution in [0.15, 0.2) is 0 Å². The van der Waals surface area contributed by atoms with E-state index in [9.17, 15) is 9.18 Å². The van der Waals surface area contributed by atoms with Crippen molar-refractivity contribution in [3.63, 3.8) is 0 Å². The molecule has 0 aliphatic carbocycles. The van der Waals surface area contributed by atoms with Crippen molar-refractivity contribution in [3.05, 3.63) is 0 Å². The third-order valence-corrected chi connectivity index (χ3v) is 1.77. The summed E-state index contributed by atoms with van der Waals surface area (Å²) in [5.74, 6) is -0.155. The summed E-state index contributed by atoms with van der Waals surface area (Å²) in [6.45, 7) is 4.93. The molecule has 0 aromatic rings. The van der Waals surface area contributed by atoms with E-state index in [4.69, 9.17) is 5.73 Å². The standard InChI is InChI=1S/C8H17FN2O/c1-3-11(4-2)8(12)5-7(9)6-10/h7H,3-6,10H2,1-2H3. The number of hydrogen-bond donors (Lipinski definition) is 1. The molecular formula is C8H17FN2O. The predicted octanol–water partition coefficient (Wildman–Crippen LogP) is 0.542. The summed E-state index contributed by atoms with van der Waals surface area (Å²) in [4.78, 5) is 12.8. The Morgan fingerprint density at radius 3 is 2.33 bits per heavy atom. The highest BCUT2D eigenvalue weighted by molar-refractivity contribution is 5.76. The number of alkyl halides is 1. The number of carbonyl (C=O) groups excluding carboxylic acids is 1. The van der Waals surface area contributed by atoms with Gasteiger partial charge in [0.25, 0.3) is 0 Å². The summed E-state index contributed by atoms with van der Waals surface area (Å²) in [5.41, 5.74) is 5.06. The number of nitrogens with two attached hydrogens (primary N) is 1. The third-order valence-electron chi connectivity index (χ3n) is 1.77. The number of nitrogens with zero attached hydrogens (tertiary/aromatic N) is 1. The molecule has 0 bridgehead atoms. The first-order valence-electron chi connectivity index (χ1n) is 4.27. The summed E-state index contributed by atoms with van der Waals surface area (Å²) in [5, 5.41) is 0. The van der Waals surface area contributed by atoms with Gasteiger partial charge in [-0.3, -0.25) is 4.79 Å². The molecule has 1 amide bonds. The molecule has 0 aliphatic heterocycles. The maximum atomic E-state index is 12.6. The van der Waals surface area contributed by atoms with Gasteiger partial charge >= 0.3 is 0 Å². The second-order valence-electron chi connectivity index (χ2n) is 2.60. The molecule has 0 fully saturated rings. The lowest BCUT2D eigenvalue weighted by Gasteiger charge is -2.19. The summed E-state index contributed by atoms with van der Waals surface area (Å²) in [6, 6.07) is 0. The van der Waals surface area contributed by atoms with Crippen molar-refractivity contribution in [2.24, 2.45) is 5.73 Å². The number of halogens is 1. The first-order chi connectivity index (χ1) is 5.65. The largest absolute Gasteiger partial charge is 0.343 e. The van der Waals surface area contributed by atoms with Gasteiger partial charge in [0.2, 0.25) is 5.91 Å². The van der Waals surface area contributed by atoms with Crippen LogP contribution >= 0.6 is 0 Å². The van der Waals surface area contributed by atoms with Crippen LogP contribution in [0.5, 0.6) is 0 Å².